The fourth-order valence-electron chi connectivity index (χ4n) is 1.18. The van der Waals surface area contributed by atoms with Crippen molar-refractivity contribution < 1.29 is 8.78 Å². The molecule has 0 radical (unpaired) electrons. The highest BCUT2D eigenvalue weighted by molar-refractivity contribution is 5.43. The molecule has 1 aromatic heterocycles. The van der Waals surface area contributed by atoms with Gasteiger partial charge in [0.25, 0.3) is 0 Å². The maximum atomic E-state index is 12.8. The zero-order chi connectivity index (χ0) is 11.5. The first-order chi connectivity index (χ1) is 7.65. The molecule has 5 nitrogen and oxygen atoms in total. The molecule has 0 aliphatic carbocycles. The van der Waals surface area contributed by atoms with E-state index >= 15 is 0 Å². The van der Waals surface area contributed by atoms with Crippen molar-refractivity contribution in [1.29, 1.82) is 0 Å². The van der Waals surface area contributed by atoms with Gasteiger partial charge in [-0.1, -0.05) is 0 Å². The van der Waals surface area contributed by atoms with E-state index < -0.39 is 11.6 Å². The van der Waals surface area contributed by atoms with Gasteiger partial charge in [0.1, 0.15) is 0 Å². The number of nitrogens with one attached hydrogen (secondary N) is 1. The monoisotopic (exact) mass is 225 g/mol. The van der Waals surface area contributed by atoms with Gasteiger partial charge in [-0.3, -0.25) is 0 Å². The van der Waals surface area contributed by atoms with E-state index in [1.807, 2.05) is 0 Å². The molecule has 0 amide bonds. The van der Waals surface area contributed by atoms with Gasteiger partial charge in [-0.25, -0.2) is 8.78 Å². The Kier molecular flexibility index (Phi) is 2.76. The lowest BCUT2D eigenvalue weighted by molar-refractivity contribution is 0.509. The zero-order valence-electron chi connectivity index (χ0n) is 8.48. The van der Waals surface area contributed by atoms with Crippen LogP contribution in [0.3, 0.4) is 0 Å². The highest BCUT2D eigenvalue weighted by Gasteiger charge is 2.03. The standard InChI is InChI=1S/C9H9F2N5/c1-16-14-9(13-15-16)5-12-6-2-3-7(10)8(11)4-6/h2-4,12H,5H2,1H3. The normalized spacial score (nSPS) is 10.4. The summed E-state index contributed by atoms with van der Waals surface area (Å²) in [5.74, 6) is -1.28. The second-order valence-corrected chi connectivity index (χ2v) is 3.18. The molecule has 0 aliphatic heterocycles. The van der Waals surface area contributed by atoms with E-state index in [9.17, 15) is 8.78 Å². The SMILES string of the molecule is Cn1nnc(CNc2ccc(F)c(F)c2)n1. The Balaban J connectivity index is 2.02. The summed E-state index contributed by atoms with van der Waals surface area (Å²) in [4.78, 5) is 1.32. The van der Waals surface area contributed by atoms with Crippen LogP contribution in [0, 0.1) is 11.6 Å². The van der Waals surface area contributed by atoms with Crippen LogP contribution in [-0.4, -0.2) is 20.2 Å². The van der Waals surface area contributed by atoms with E-state index in [-0.39, 0.29) is 0 Å². The number of aromatic nitrogens is 4. The third-order valence-corrected chi connectivity index (χ3v) is 1.92. The summed E-state index contributed by atoms with van der Waals surface area (Å²) in [6, 6.07) is 3.57. The molecule has 84 valence electrons. The van der Waals surface area contributed by atoms with Gasteiger partial charge in [-0.2, -0.15) is 4.80 Å². The Labute approximate surface area is 90.1 Å². The van der Waals surface area contributed by atoms with Crippen LogP contribution in [0.1, 0.15) is 5.82 Å². The third kappa shape index (κ3) is 2.30. The van der Waals surface area contributed by atoms with Crippen LogP contribution in [0.5, 0.6) is 0 Å². The fraction of sp³-hybridized carbons (Fsp3) is 0.222. The summed E-state index contributed by atoms with van der Waals surface area (Å²) in [6.45, 7) is 0.304. The van der Waals surface area contributed by atoms with Crippen LogP contribution in [0.2, 0.25) is 0 Å². The summed E-state index contributed by atoms with van der Waals surface area (Å²) < 4.78 is 25.5. The van der Waals surface area contributed by atoms with Gasteiger partial charge in [0.05, 0.1) is 13.6 Å². The van der Waals surface area contributed by atoms with Gasteiger partial charge in [-0.15, -0.1) is 10.2 Å². The molecular formula is C9H9F2N5. The number of hydrogen-bond acceptors (Lipinski definition) is 4. The van der Waals surface area contributed by atoms with Gasteiger partial charge in [0, 0.05) is 11.8 Å². The fourth-order valence-corrected chi connectivity index (χ4v) is 1.18. The maximum absolute atomic E-state index is 12.8. The molecule has 0 saturated heterocycles. The predicted molar refractivity (Wildman–Crippen MR) is 52.5 cm³/mol. The number of nitrogens with zero attached hydrogens (tertiary/aromatic N) is 4. The molecule has 0 fully saturated rings. The van der Waals surface area contributed by atoms with Crippen molar-refractivity contribution in [2.75, 3.05) is 5.32 Å². The second-order valence-electron chi connectivity index (χ2n) is 3.18. The largest absolute Gasteiger partial charge is 0.378 e. The average molecular weight is 225 g/mol. The lowest BCUT2D eigenvalue weighted by atomic mass is 10.3. The molecule has 2 rings (SSSR count). The summed E-state index contributed by atoms with van der Waals surface area (Å²) in [6.07, 6.45) is 0. The van der Waals surface area contributed by atoms with Crippen molar-refractivity contribution in [3.63, 3.8) is 0 Å². The smallest absolute Gasteiger partial charge is 0.193 e. The van der Waals surface area contributed by atoms with E-state index in [4.69, 9.17) is 0 Å². The number of anilines is 1. The molecular weight excluding hydrogens is 216 g/mol. The summed E-state index contributed by atoms with van der Waals surface area (Å²) in [5, 5.41) is 14.2. The van der Waals surface area contributed by atoms with Gasteiger partial charge >= 0.3 is 0 Å². The Hall–Kier alpha value is -2.05. The quantitative estimate of drug-likeness (QED) is 0.849. The van der Waals surface area contributed by atoms with Crippen LogP contribution in [0.15, 0.2) is 18.2 Å². The average Bonchev–Trinajstić information content (AvgIpc) is 2.66. The second kappa shape index (κ2) is 4.21. The third-order valence-electron chi connectivity index (χ3n) is 1.92. The van der Waals surface area contributed by atoms with Crippen LogP contribution in [-0.2, 0) is 13.6 Å². The molecule has 0 atom stereocenters. The number of tetrazole rings is 1. The molecule has 0 bridgehead atoms. The van der Waals surface area contributed by atoms with E-state index in [2.05, 4.69) is 20.7 Å². The first kappa shape index (κ1) is 10.5. The van der Waals surface area contributed by atoms with Crippen molar-refractivity contribution >= 4 is 5.69 Å². The lowest BCUT2D eigenvalue weighted by Gasteiger charge is -2.03. The van der Waals surface area contributed by atoms with Crippen molar-refractivity contribution in [2.45, 2.75) is 6.54 Å². The minimum absolute atomic E-state index is 0.304. The lowest BCUT2D eigenvalue weighted by Crippen LogP contribution is -2.02. The van der Waals surface area contributed by atoms with Crippen molar-refractivity contribution in [3.8, 4) is 0 Å². The van der Waals surface area contributed by atoms with E-state index in [0.29, 0.717) is 18.1 Å². The van der Waals surface area contributed by atoms with Gasteiger partial charge < -0.3 is 5.32 Å². The highest BCUT2D eigenvalue weighted by atomic mass is 19.2. The first-order valence-corrected chi connectivity index (χ1v) is 4.57. The summed E-state index contributed by atoms with van der Waals surface area (Å²) >= 11 is 0. The highest BCUT2D eigenvalue weighted by Crippen LogP contribution is 2.13. The molecule has 0 spiro atoms. The Morgan fingerprint density at radius 2 is 2.12 bits per heavy atom. The van der Waals surface area contributed by atoms with Crippen molar-refractivity contribution in [1.82, 2.24) is 20.2 Å². The minimum atomic E-state index is -0.892. The number of halogens is 2. The Morgan fingerprint density at radius 1 is 1.31 bits per heavy atom. The van der Waals surface area contributed by atoms with E-state index in [1.165, 1.54) is 10.9 Å². The van der Waals surface area contributed by atoms with Crippen molar-refractivity contribution in [3.05, 3.63) is 35.7 Å². The van der Waals surface area contributed by atoms with Gasteiger partial charge in [0.2, 0.25) is 0 Å². The first-order valence-electron chi connectivity index (χ1n) is 4.57. The number of hydrogen-bond donors (Lipinski definition) is 1. The zero-order valence-corrected chi connectivity index (χ0v) is 8.48. The van der Waals surface area contributed by atoms with Crippen LogP contribution < -0.4 is 5.32 Å². The minimum Gasteiger partial charge on any atom is -0.378 e. The topological polar surface area (TPSA) is 55.6 Å². The summed E-state index contributed by atoms with van der Waals surface area (Å²) in [5.41, 5.74) is 0.464. The van der Waals surface area contributed by atoms with Gasteiger partial charge in [-0.05, 0) is 17.3 Å². The van der Waals surface area contributed by atoms with E-state index in [0.717, 1.165) is 12.1 Å². The molecule has 1 aromatic carbocycles. The number of rotatable bonds is 3. The number of benzene rings is 1. The molecule has 2 aromatic rings. The van der Waals surface area contributed by atoms with Gasteiger partial charge in [0.15, 0.2) is 17.5 Å². The van der Waals surface area contributed by atoms with Crippen molar-refractivity contribution in [2.24, 2.45) is 7.05 Å². The maximum Gasteiger partial charge on any atom is 0.193 e. The molecule has 0 aliphatic rings. The van der Waals surface area contributed by atoms with Crippen LogP contribution in [0.25, 0.3) is 0 Å². The number of aryl methyl sites for hydroxylation is 1. The Bertz CT molecular complexity index is 496. The van der Waals surface area contributed by atoms with E-state index in [1.54, 1.807) is 7.05 Å². The molecule has 0 unspecified atom stereocenters. The molecule has 0 saturated carbocycles. The Morgan fingerprint density at radius 3 is 2.75 bits per heavy atom. The summed E-state index contributed by atoms with van der Waals surface area (Å²) in [7, 11) is 1.65. The van der Waals surface area contributed by atoms with Crippen LogP contribution in [0.4, 0.5) is 14.5 Å². The molecule has 1 heterocycles. The molecule has 16 heavy (non-hydrogen) atoms. The van der Waals surface area contributed by atoms with Crippen LogP contribution >= 0.6 is 0 Å². The molecule has 1 N–H and O–H groups in total. The predicted octanol–water partition coefficient (Wildman–Crippen LogP) is 1.10. The molecule has 7 heteroatoms.